The quantitative estimate of drug-likeness (QED) is 0.799. The van der Waals surface area contributed by atoms with E-state index < -0.39 is 0 Å². The van der Waals surface area contributed by atoms with Crippen molar-refractivity contribution >= 4 is 0 Å². The highest BCUT2D eigenvalue weighted by Crippen LogP contribution is 2.33. The monoisotopic (exact) mass is 220 g/mol. The summed E-state index contributed by atoms with van der Waals surface area (Å²) in [5, 5.41) is 3.43. The summed E-state index contributed by atoms with van der Waals surface area (Å²) < 4.78 is 10.6. The van der Waals surface area contributed by atoms with E-state index in [9.17, 15) is 0 Å². The largest absolute Gasteiger partial charge is 0.454 e. The molecule has 0 saturated heterocycles. The topological polar surface area (TPSA) is 56.5 Å². The first-order valence-electron chi connectivity index (χ1n) is 5.71. The summed E-state index contributed by atoms with van der Waals surface area (Å²) in [5.41, 5.74) is 7.20. The third kappa shape index (κ3) is 1.99. The number of nitrogens with one attached hydrogen (secondary N) is 1. The van der Waals surface area contributed by atoms with E-state index in [0.29, 0.717) is 12.8 Å². The van der Waals surface area contributed by atoms with E-state index in [1.165, 1.54) is 12.8 Å². The molecular weight excluding hydrogens is 204 g/mol. The number of rotatable bonds is 4. The Kier molecular flexibility index (Phi) is 2.46. The predicted molar refractivity (Wildman–Crippen MR) is 60.5 cm³/mol. The average molecular weight is 220 g/mol. The molecule has 86 valence electrons. The van der Waals surface area contributed by atoms with Gasteiger partial charge < -0.3 is 20.5 Å². The Hall–Kier alpha value is -1.26. The lowest BCUT2D eigenvalue weighted by molar-refractivity contribution is 0.174. The van der Waals surface area contributed by atoms with Crippen LogP contribution in [-0.4, -0.2) is 19.4 Å². The number of hydrogen-bond acceptors (Lipinski definition) is 4. The molecule has 0 bridgehead atoms. The lowest BCUT2D eigenvalue weighted by Gasteiger charge is -2.13. The molecule has 1 aromatic rings. The Balaban J connectivity index is 1.67. The molecule has 4 heteroatoms. The summed E-state index contributed by atoms with van der Waals surface area (Å²) in [5.74, 6) is 1.62. The molecule has 3 N–H and O–H groups in total. The predicted octanol–water partition coefficient (Wildman–Crippen LogP) is 1.17. The van der Waals surface area contributed by atoms with Gasteiger partial charge in [0.1, 0.15) is 0 Å². The molecule has 1 aromatic carbocycles. The zero-order valence-corrected chi connectivity index (χ0v) is 9.11. The van der Waals surface area contributed by atoms with Gasteiger partial charge in [-0.1, -0.05) is 6.07 Å². The summed E-state index contributed by atoms with van der Waals surface area (Å²) >= 11 is 0. The molecule has 0 spiro atoms. The van der Waals surface area contributed by atoms with Crippen LogP contribution in [0.2, 0.25) is 0 Å². The van der Waals surface area contributed by atoms with Crippen LogP contribution in [0.3, 0.4) is 0 Å². The van der Waals surface area contributed by atoms with Crippen molar-refractivity contribution in [2.24, 2.45) is 5.73 Å². The number of hydrogen-bond donors (Lipinski definition) is 2. The zero-order valence-electron chi connectivity index (χ0n) is 9.11. The molecule has 2 aliphatic rings. The molecule has 3 rings (SSSR count). The van der Waals surface area contributed by atoms with Crippen LogP contribution in [0.15, 0.2) is 18.2 Å². The van der Waals surface area contributed by atoms with E-state index in [2.05, 4.69) is 5.32 Å². The van der Waals surface area contributed by atoms with E-state index in [-0.39, 0.29) is 6.04 Å². The normalized spacial score (nSPS) is 19.8. The molecule has 0 amide bonds. The van der Waals surface area contributed by atoms with Crippen LogP contribution in [0, 0.1) is 0 Å². The summed E-state index contributed by atoms with van der Waals surface area (Å²) in [6.07, 6.45) is 2.57. The van der Waals surface area contributed by atoms with Gasteiger partial charge in [0.2, 0.25) is 6.79 Å². The third-order valence-electron chi connectivity index (χ3n) is 3.03. The number of fused-ring (bicyclic) bond motifs is 1. The Labute approximate surface area is 94.7 Å². The van der Waals surface area contributed by atoms with E-state index in [1.807, 2.05) is 18.2 Å². The summed E-state index contributed by atoms with van der Waals surface area (Å²) in [7, 11) is 0. The second kappa shape index (κ2) is 3.96. The van der Waals surface area contributed by atoms with Crippen LogP contribution in [0.25, 0.3) is 0 Å². The first-order chi connectivity index (χ1) is 7.83. The summed E-state index contributed by atoms with van der Waals surface area (Å²) in [6.45, 7) is 1.14. The molecule has 1 fully saturated rings. The van der Waals surface area contributed by atoms with Crippen molar-refractivity contribution in [3.8, 4) is 11.5 Å². The van der Waals surface area contributed by atoms with Gasteiger partial charge >= 0.3 is 0 Å². The molecule has 0 aromatic heterocycles. The fourth-order valence-corrected chi connectivity index (χ4v) is 1.84. The van der Waals surface area contributed by atoms with Crippen LogP contribution in [0.5, 0.6) is 11.5 Å². The third-order valence-corrected chi connectivity index (χ3v) is 3.03. The van der Waals surface area contributed by atoms with Crippen LogP contribution >= 0.6 is 0 Å². The van der Waals surface area contributed by atoms with Gasteiger partial charge in [-0.2, -0.15) is 0 Å². The van der Waals surface area contributed by atoms with E-state index in [1.54, 1.807) is 0 Å². The first-order valence-corrected chi connectivity index (χ1v) is 5.71. The first kappa shape index (κ1) is 9.93. The molecule has 1 aliphatic carbocycles. The van der Waals surface area contributed by atoms with Crippen LogP contribution in [0.4, 0.5) is 0 Å². The highest BCUT2D eigenvalue weighted by molar-refractivity contribution is 5.45. The molecule has 1 aliphatic heterocycles. The van der Waals surface area contributed by atoms with Crippen molar-refractivity contribution in [3.63, 3.8) is 0 Å². The van der Waals surface area contributed by atoms with Gasteiger partial charge in [0.15, 0.2) is 11.5 Å². The maximum Gasteiger partial charge on any atom is 0.231 e. The smallest absolute Gasteiger partial charge is 0.231 e. The van der Waals surface area contributed by atoms with Crippen molar-refractivity contribution in [1.29, 1.82) is 0 Å². The van der Waals surface area contributed by atoms with Crippen molar-refractivity contribution in [3.05, 3.63) is 23.8 Å². The van der Waals surface area contributed by atoms with Crippen molar-refractivity contribution in [2.75, 3.05) is 13.3 Å². The van der Waals surface area contributed by atoms with Crippen molar-refractivity contribution in [1.82, 2.24) is 5.32 Å². The van der Waals surface area contributed by atoms with Crippen LogP contribution in [-0.2, 0) is 0 Å². The van der Waals surface area contributed by atoms with E-state index in [0.717, 1.165) is 23.6 Å². The Morgan fingerprint density at radius 2 is 2.12 bits per heavy atom. The van der Waals surface area contributed by atoms with Gasteiger partial charge in [0.25, 0.3) is 0 Å². The zero-order chi connectivity index (χ0) is 11.0. The second-order valence-corrected chi connectivity index (χ2v) is 4.40. The molecule has 4 nitrogen and oxygen atoms in total. The van der Waals surface area contributed by atoms with Crippen LogP contribution < -0.4 is 20.5 Å². The fraction of sp³-hybridized carbons (Fsp3) is 0.500. The van der Waals surface area contributed by atoms with Gasteiger partial charge in [0.05, 0.1) is 0 Å². The highest BCUT2D eigenvalue weighted by atomic mass is 16.7. The van der Waals surface area contributed by atoms with Gasteiger partial charge in [-0.05, 0) is 30.5 Å². The van der Waals surface area contributed by atoms with Gasteiger partial charge in [-0.15, -0.1) is 0 Å². The van der Waals surface area contributed by atoms with Crippen molar-refractivity contribution in [2.45, 2.75) is 24.9 Å². The minimum atomic E-state index is 0.0232. The Morgan fingerprint density at radius 1 is 1.31 bits per heavy atom. The SMILES string of the molecule is NC(CNC1CC1)c1ccc2c(c1)OCO2. The number of nitrogens with two attached hydrogens (primary N) is 1. The maximum absolute atomic E-state index is 6.11. The van der Waals surface area contributed by atoms with E-state index in [4.69, 9.17) is 15.2 Å². The number of benzene rings is 1. The Morgan fingerprint density at radius 3 is 2.94 bits per heavy atom. The van der Waals surface area contributed by atoms with Crippen LogP contribution in [0.1, 0.15) is 24.4 Å². The maximum atomic E-state index is 6.11. The Bertz CT molecular complexity index is 391. The molecule has 1 saturated carbocycles. The van der Waals surface area contributed by atoms with Crippen molar-refractivity contribution < 1.29 is 9.47 Å². The molecule has 1 atom stereocenters. The minimum absolute atomic E-state index is 0.0232. The fourth-order valence-electron chi connectivity index (χ4n) is 1.84. The highest BCUT2D eigenvalue weighted by Gasteiger charge is 2.22. The molecule has 1 heterocycles. The summed E-state index contributed by atoms with van der Waals surface area (Å²) in [4.78, 5) is 0. The van der Waals surface area contributed by atoms with Gasteiger partial charge in [-0.25, -0.2) is 0 Å². The molecule has 0 radical (unpaired) electrons. The number of ether oxygens (including phenoxy) is 2. The van der Waals surface area contributed by atoms with Gasteiger partial charge in [-0.3, -0.25) is 0 Å². The van der Waals surface area contributed by atoms with E-state index >= 15 is 0 Å². The molecule has 16 heavy (non-hydrogen) atoms. The standard InChI is InChI=1S/C12H16N2O2/c13-10(6-14-9-2-3-9)8-1-4-11-12(5-8)16-7-15-11/h1,4-5,9-10,14H,2-3,6-7,13H2. The average Bonchev–Trinajstić information content (AvgIpc) is 3.01. The lowest BCUT2D eigenvalue weighted by atomic mass is 10.1. The summed E-state index contributed by atoms with van der Waals surface area (Å²) in [6, 6.07) is 6.62. The molecule has 1 unspecified atom stereocenters. The minimum Gasteiger partial charge on any atom is -0.454 e. The van der Waals surface area contributed by atoms with Gasteiger partial charge in [0, 0.05) is 18.6 Å². The lowest BCUT2D eigenvalue weighted by Crippen LogP contribution is -2.28. The molecular formula is C12H16N2O2. The second-order valence-electron chi connectivity index (χ2n) is 4.40.